The van der Waals surface area contributed by atoms with Crippen LogP contribution in [0.5, 0.6) is 0 Å². The number of ether oxygens (including phenoxy) is 1. The number of aryl methyl sites for hydroxylation is 1. The summed E-state index contributed by atoms with van der Waals surface area (Å²) in [5.41, 5.74) is 6.78. The van der Waals surface area contributed by atoms with Crippen molar-refractivity contribution in [3.63, 3.8) is 0 Å². The summed E-state index contributed by atoms with van der Waals surface area (Å²) in [4.78, 5) is 15.0. The van der Waals surface area contributed by atoms with E-state index in [1.165, 1.54) is 7.11 Å². The molecule has 0 aliphatic heterocycles. The van der Waals surface area contributed by atoms with Crippen LogP contribution in [0.2, 0.25) is 0 Å². The molecule has 1 heterocycles. The lowest BCUT2D eigenvalue weighted by Gasteiger charge is -2.08. The van der Waals surface area contributed by atoms with Gasteiger partial charge >= 0.3 is 5.97 Å². The minimum absolute atomic E-state index is 0.346. The highest BCUT2D eigenvalue weighted by atomic mass is 32.2. The Morgan fingerprint density at radius 3 is 3.06 bits per heavy atom. The van der Waals surface area contributed by atoms with E-state index in [2.05, 4.69) is 9.72 Å². The predicted molar refractivity (Wildman–Crippen MR) is 64.0 cm³/mol. The minimum atomic E-state index is -0.510. The van der Waals surface area contributed by atoms with Gasteiger partial charge in [-0.15, -0.1) is 0 Å². The molecule has 0 bridgehead atoms. The van der Waals surface area contributed by atoms with Crippen molar-refractivity contribution in [3.05, 3.63) is 18.2 Å². The molecule has 0 aliphatic rings. The van der Waals surface area contributed by atoms with Crippen LogP contribution in [0, 0.1) is 0 Å². The number of methoxy groups -OCH3 is 1. The predicted octanol–water partition coefficient (Wildman–Crippen LogP) is 0.544. The molecule has 0 amide bonds. The highest BCUT2D eigenvalue weighted by Gasteiger charge is 2.12. The second kappa shape index (κ2) is 6.55. The van der Waals surface area contributed by atoms with Crippen LogP contribution in [0.25, 0.3) is 0 Å². The van der Waals surface area contributed by atoms with Crippen LogP contribution in [0.1, 0.15) is 12.1 Å². The first-order valence-electron chi connectivity index (χ1n) is 5.01. The molecule has 1 rings (SSSR count). The van der Waals surface area contributed by atoms with Crippen LogP contribution in [0.15, 0.2) is 12.5 Å². The van der Waals surface area contributed by atoms with Crippen LogP contribution in [0.4, 0.5) is 0 Å². The molecule has 0 radical (unpaired) electrons. The van der Waals surface area contributed by atoms with Gasteiger partial charge in [0, 0.05) is 24.7 Å². The van der Waals surface area contributed by atoms with Crippen LogP contribution in [0.3, 0.4) is 0 Å². The van der Waals surface area contributed by atoms with Crippen molar-refractivity contribution >= 4 is 17.7 Å². The Bertz CT molecular complexity index is 341. The van der Waals surface area contributed by atoms with Gasteiger partial charge in [0.25, 0.3) is 0 Å². The Labute approximate surface area is 99.4 Å². The summed E-state index contributed by atoms with van der Waals surface area (Å²) in [6.45, 7) is 0. The molecule has 1 aromatic heterocycles. The average molecular weight is 243 g/mol. The maximum Gasteiger partial charge on any atom is 0.322 e. The third-order valence-electron chi connectivity index (χ3n) is 2.24. The number of hydrogen-bond acceptors (Lipinski definition) is 5. The normalized spacial score (nSPS) is 12.4. The van der Waals surface area contributed by atoms with Crippen molar-refractivity contribution in [2.75, 3.05) is 12.9 Å². The average Bonchev–Trinajstić information content (AvgIpc) is 2.69. The highest BCUT2D eigenvalue weighted by Crippen LogP contribution is 2.12. The first kappa shape index (κ1) is 13.1. The van der Waals surface area contributed by atoms with E-state index in [1.54, 1.807) is 18.1 Å². The van der Waals surface area contributed by atoms with Crippen LogP contribution < -0.4 is 5.73 Å². The van der Waals surface area contributed by atoms with E-state index >= 15 is 0 Å². The summed E-state index contributed by atoms with van der Waals surface area (Å²) in [6, 6.07) is -0.510. The van der Waals surface area contributed by atoms with Gasteiger partial charge in [-0.1, -0.05) is 0 Å². The minimum Gasteiger partial charge on any atom is -0.468 e. The van der Waals surface area contributed by atoms with E-state index in [0.29, 0.717) is 6.42 Å². The van der Waals surface area contributed by atoms with E-state index in [0.717, 1.165) is 17.2 Å². The van der Waals surface area contributed by atoms with Crippen molar-refractivity contribution in [2.45, 2.75) is 18.2 Å². The number of aromatic nitrogens is 2. The Morgan fingerprint density at radius 2 is 2.50 bits per heavy atom. The van der Waals surface area contributed by atoms with Crippen molar-refractivity contribution in [1.29, 1.82) is 0 Å². The number of hydrogen-bond donors (Lipinski definition) is 1. The third-order valence-corrected chi connectivity index (χ3v) is 3.27. The summed E-state index contributed by atoms with van der Waals surface area (Å²) in [7, 11) is 3.31. The fourth-order valence-electron chi connectivity index (χ4n) is 1.18. The van der Waals surface area contributed by atoms with Gasteiger partial charge in [-0.25, -0.2) is 4.98 Å². The second-order valence-electron chi connectivity index (χ2n) is 3.47. The van der Waals surface area contributed by atoms with Gasteiger partial charge in [0.1, 0.15) is 6.04 Å². The molecule has 0 saturated heterocycles. The molecule has 1 atom stereocenters. The molecule has 2 N–H and O–H groups in total. The van der Waals surface area contributed by atoms with Gasteiger partial charge in [-0.05, 0) is 12.2 Å². The van der Waals surface area contributed by atoms with Crippen LogP contribution in [-0.4, -0.2) is 34.4 Å². The monoisotopic (exact) mass is 243 g/mol. The van der Waals surface area contributed by atoms with Crippen molar-refractivity contribution in [3.8, 4) is 0 Å². The van der Waals surface area contributed by atoms with E-state index in [1.807, 2.05) is 17.8 Å². The molecular formula is C10H17N3O2S. The smallest absolute Gasteiger partial charge is 0.322 e. The number of esters is 1. The fraction of sp³-hybridized carbons (Fsp3) is 0.600. The Balaban J connectivity index is 2.17. The van der Waals surface area contributed by atoms with E-state index in [-0.39, 0.29) is 5.97 Å². The van der Waals surface area contributed by atoms with E-state index in [9.17, 15) is 4.79 Å². The highest BCUT2D eigenvalue weighted by molar-refractivity contribution is 7.98. The Kier molecular flexibility index (Phi) is 5.34. The van der Waals surface area contributed by atoms with E-state index in [4.69, 9.17) is 5.73 Å². The van der Waals surface area contributed by atoms with Gasteiger partial charge in [-0.3, -0.25) is 4.79 Å². The quantitative estimate of drug-likeness (QED) is 0.583. The number of carbonyl (C=O) groups excluding carboxylic acids is 1. The lowest BCUT2D eigenvalue weighted by molar-refractivity contribution is -0.142. The first-order chi connectivity index (χ1) is 7.65. The van der Waals surface area contributed by atoms with Gasteiger partial charge in [0.2, 0.25) is 0 Å². The summed E-state index contributed by atoms with van der Waals surface area (Å²) < 4.78 is 6.53. The Morgan fingerprint density at radius 1 is 1.75 bits per heavy atom. The molecular weight excluding hydrogens is 226 g/mol. The van der Waals surface area contributed by atoms with Crippen LogP contribution >= 0.6 is 11.8 Å². The molecule has 6 heteroatoms. The van der Waals surface area contributed by atoms with Gasteiger partial charge in [0.15, 0.2) is 0 Å². The molecule has 90 valence electrons. The lowest BCUT2D eigenvalue weighted by Crippen LogP contribution is -2.31. The zero-order valence-corrected chi connectivity index (χ0v) is 10.4. The van der Waals surface area contributed by atoms with Gasteiger partial charge in [0.05, 0.1) is 13.4 Å². The summed E-state index contributed by atoms with van der Waals surface area (Å²) in [6.07, 6.45) is 4.25. The largest absolute Gasteiger partial charge is 0.468 e. The number of imidazole rings is 1. The standard InChI is InChI=1S/C10H17N3O2S/c1-13-7-12-5-8(13)6-16-4-3-9(11)10(14)15-2/h5,7,9H,3-4,6,11H2,1-2H3. The summed E-state index contributed by atoms with van der Waals surface area (Å²) in [5, 5.41) is 0. The topological polar surface area (TPSA) is 70.1 Å². The zero-order chi connectivity index (χ0) is 12.0. The lowest BCUT2D eigenvalue weighted by atomic mass is 10.2. The molecule has 0 aromatic carbocycles. The maximum absolute atomic E-state index is 11.0. The SMILES string of the molecule is COC(=O)C(N)CCSCc1cncn1C. The number of carbonyl (C=O) groups is 1. The number of nitrogens with zero attached hydrogens (tertiary/aromatic N) is 2. The molecule has 0 fully saturated rings. The zero-order valence-electron chi connectivity index (χ0n) is 9.55. The maximum atomic E-state index is 11.0. The number of thioether (sulfide) groups is 1. The molecule has 0 saturated carbocycles. The molecule has 1 unspecified atom stereocenters. The first-order valence-corrected chi connectivity index (χ1v) is 6.17. The van der Waals surface area contributed by atoms with Crippen LogP contribution in [-0.2, 0) is 22.3 Å². The van der Waals surface area contributed by atoms with Gasteiger partial charge < -0.3 is 15.0 Å². The molecule has 0 spiro atoms. The molecule has 1 aromatic rings. The Hall–Kier alpha value is -1.01. The number of rotatable bonds is 6. The molecule has 0 aliphatic carbocycles. The van der Waals surface area contributed by atoms with Gasteiger partial charge in [-0.2, -0.15) is 11.8 Å². The van der Waals surface area contributed by atoms with E-state index < -0.39 is 6.04 Å². The summed E-state index contributed by atoms with van der Waals surface area (Å²) >= 11 is 1.73. The number of nitrogens with two attached hydrogens (primary N) is 1. The van der Waals surface area contributed by atoms with Crippen molar-refractivity contribution < 1.29 is 9.53 Å². The third kappa shape index (κ3) is 3.86. The van der Waals surface area contributed by atoms with Crippen molar-refractivity contribution in [1.82, 2.24) is 9.55 Å². The molecule has 5 nitrogen and oxygen atoms in total. The molecule has 16 heavy (non-hydrogen) atoms. The second-order valence-corrected chi connectivity index (χ2v) is 4.57. The summed E-state index contributed by atoms with van der Waals surface area (Å²) in [5.74, 6) is 1.37. The fourth-order valence-corrected chi connectivity index (χ4v) is 2.23. The van der Waals surface area contributed by atoms with Crippen molar-refractivity contribution in [2.24, 2.45) is 12.8 Å².